The van der Waals surface area contributed by atoms with E-state index in [1.165, 1.54) is 18.2 Å². The number of aryl methyl sites for hydroxylation is 1. The topological polar surface area (TPSA) is 66.9 Å². The Balaban J connectivity index is 1.91. The monoisotopic (exact) mass is 338 g/mol. The van der Waals surface area contributed by atoms with Crippen LogP contribution in [0.1, 0.15) is 11.5 Å². The number of hydrogen-bond acceptors (Lipinski definition) is 3. The lowest BCUT2D eigenvalue weighted by molar-refractivity contribution is 0.251. The van der Waals surface area contributed by atoms with Crippen LogP contribution in [0, 0.1) is 12.7 Å². The van der Waals surface area contributed by atoms with Crippen LogP contribution in [0.4, 0.5) is 14.9 Å². The van der Waals surface area contributed by atoms with Crippen LogP contribution in [0.25, 0.3) is 0 Å². The van der Waals surface area contributed by atoms with Crippen molar-refractivity contribution in [3.05, 3.63) is 52.3 Å². The lowest BCUT2D eigenvalue weighted by Crippen LogP contribution is -2.28. The first kappa shape index (κ1) is 14.4. The molecule has 0 unspecified atom stereocenters. The van der Waals surface area contributed by atoms with Gasteiger partial charge in [0.05, 0.1) is 16.7 Å². The van der Waals surface area contributed by atoms with Gasteiger partial charge in [-0.05, 0) is 47.1 Å². The highest BCUT2D eigenvalue weighted by Gasteiger charge is 2.05. The minimum Gasteiger partial charge on any atom is -0.332 e. The second-order valence-electron chi connectivity index (χ2n) is 4.03. The van der Waals surface area contributed by atoms with E-state index in [0.29, 0.717) is 21.7 Å². The van der Waals surface area contributed by atoms with E-state index in [1.54, 1.807) is 19.2 Å². The van der Waals surface area contributed by atoms with Crippen molar-refractivity contribution in [3.63, 3.8) is 0 Å². The Labute approximate surface area is 123 Å². The predicted molar refractivity (Wildman–Crippen MR) is 76.7 cm³/mol. The molecule has 0 aliphatic carbocycles. The smallest absolute Gasteiger partial charge is 0.319 e. The maximum atomic E-state index is 13.1. The summed E-state index contributed by atoms with van der Waals surface area (Å²) < 4.78 is 13.3. The molecule has 1 heterocycles. The van der Waals surface area contributed by atoms with E-state index in [0.717, 1.165) is 0 Å². The molecule has 0 atom stereocenters. The summed E-state index contributed by atoms with van der Waals surface area (Å²) in [5, 5.41) is 5.26. The summed E-state index contributed by atoms with van der Waals surface area (Å²) in [7, 11) is 0. The second kappa shape index (κ2) is 6.42. The fourth-order valence-electron chi connectivity index (χ4n) is 1.52. The van der Waals surface area contributed by atoms with Crippen molar-refractivity contribution in [3.8, 4) is 0 Å². The Bertz CT molecular complexity index is 636. The first-order valence-corrected chi connectivity index (χ1v) is 6.62. The quantitative estimate of drug-likeness (QED) is 0.903. The molecule has 2 rings (SSSR count). The summed E-state index contributed by atoms with van der Waals surface area (Å²) in [5.41, 5.74) is 1.21. The van der Waals surface area contributed by atoms with Gasteiger partial charge in [0.1, 0.15) is 11.6 Å². The SMILES string of the molecule is Cc1nccc(CNC(=O)Nc2ccc(F)c(Br)c2)n1. The number of carbonyl (C=O) groups is 1. The molecular weight excluding hydrogens is 327 g/mol. The van der Waals surface area contributed by atoms with E-state index < -0.39 is 0 Å². The summed E-state index contributed by atoms with van der Waals surface area (Å²) in [6.07, 6.45) is 1.63. The molecule has 0 radical (unpaired) electrons. The van der Waals surface area contributed by atoms with E-state index in [9.17, 15) is 9.18 Å². The first-order valence-electron chi connectivity index (χ1n) is 5.83. The average Bonchev–Trinajstić information content (AvgIpc) is 2.41. The van der Waals surface area contributed by atoms with E-state index in [-0.39, 0.29) is 18.4 Å². The number of benzene rings is 1. The third kappa shape index (κ3) is 3.99. The van der Waals surface area contributed by atoms with Crippen molar-refractivity contribution >= 4 is 27.6 Å². The van der Waals surface area contributed by atoms with Crippen molar-refractivity contribution < 1.29 is 9.18 Å². The number of anilines is 1. The molecule has 1 aromatic carbocycles. The van der Waals surface area contributed by atoms with Crippen molar-refractivity contribution in [2.75, 3.05) is 5.32 Å². The van der Waals surface area contributed by atoms with Crippen LogP contribution in [-0.4, -0.2) is 16.0 Å². The molecular formula is C13H12BrFN4O. The molecule has 104 valence electrons. The van der Waals surface area contributed by atoms with Crippen molar-refractivity contribution in [1.82, 2.24) is 15.3 Å². The summed E-state index contributed by atoms with van der Waals surface area (Å²) in [6.45, 7) is 2.07. The largest absolute Gasteiger partial charge is 0.332 e. The van der Waals surface area contributed by atoms with E-state index in [1.807, 2.05) is 0 Å². The molecule has 0 saturated carbocycles. The van der Waals surface area contributed by atoms with Gasteiger partial charge in [0, 0.05) is 11.9 Å². The molecule has 0 aliphatic heterocycles. The van der Waals surface area contributed by atoms with Crippen LogP contribution in [-0.2, 0) is 6.54 Å². The number of nitrogens with zero attached hydrogens (tertiary/aromatic N) is 2. The standard InChI is InChI=1S/C13H12BrFN4O/c1-8-16-5-4-10(18-8)7-17-13(20)19-9-2-3-12(15)11(14)6-9/h2-6H,7H2,1H3,(H2,17,19,20). The van der Waals surface area contributed by atoms with Gasteiger partial charge < -0.3 is 10.6 Å². The zero-order chi connectivity index (χ0) is 14.5. The van der Waals surface area contributed by atoms with E-state index in [2.05, 4.69) is 36.5 Å². The molecule has 0 aliphatic rings. The van der Waals surface area contributed by atoms with Gasteiger partial charge in [-0.1, -0.05) is 0 Å². The Morgan fingerprint density at radius 1 is 1.40 bits per heavy atom. The fourth-order valence-corrected chi connectivity index (χ4v) is 1.90. The van der Waals surface area contributed by atoms with Gasteiger partial charge in [-0.25, -0.2) is 19.2 Å². The Morgan fingerprint density at radius 2 is 2.20 bits per heavy atom. The first-order chi connectivity index (χ1) is 9.54. The molecule has 2 amide bonds. The number of rotatable bonds is 3. The Kier molecular flexibility index (Phi) is 4.62. The minimum atomic E-state index is -0.389. The van der Waals surface area contributed by atoms with Crippen LogP contribution in [0.15, 0.2) is 34.9 Å². The van der Waals surface area contributed by atoms with Gasteiger partial charge in [-0.15, -0.1) is 0 Å². The minimum absolute atomic E-state index is 0.289. The highest BCUT2D eigenvalue weighted by molar-refractivity contribution is 9.10. The summed E-state index contributed by atoms with van der Waals surface area (Å²) in [4.78, 5) is 19.8. The van der Waals surface area contributed by atoms with Crippen LogP contribution in [0.5, 0.6) is 0 Å². The highest BCUT2D eigenvalue weighted by atomic mass is 79.9. The molecule has 0 fully saturated rings. The zero-order valence-corrected chi connectivity index (χ0v) is 12.2. The number of halogens is 2. The van der Waals surface area contributed by atoms with Crippen LogP contribution < -0.4 is 10.6 Å². The highest BCUT2D eigenvalue weighted by Crippen LogP contribution is 2.19. The number of hydrogen-bond donors (Lipinski definition) is 2. The van der Waals surface area contributed by atoms with Gasteiger partial charge >= 0.3 is 6.03 Å². The molecule has 7 heteroatoms. The maximum absolute atomic E-state index is 13.1. The molecule has 0 bridgehead atoms. The Morgan fingerprint density at radius 3 is 2.90 bits per heavy atom. The van der Waals surface area contributed by atoms with Crippen molar-refractivity contribution in [2.45, 2.75) is 13.5 Å². The molecule has 20 heavy (non-hydrogen) atoms. The van der Waals surface area contributed by atoms with Gasteiger partial charge in [0.2, 0.25) is 0 Å². The van der Waals surface area contributed by atoms with E-state index >= 15 is 0 Å². The van der Waals surface area contributed by atoms with Crippen LogP contribution >= 0.6 is 15.9 Å². The number of urea groups is 1. The molecule has 0 saturated heterocycles. The average molecular weight is 339 g/mol. The van der Waals surface area contributed by atoms with Crippen molar-refractivity contribution in [1.29, 1.82) is 0 Å². The molecule has 0 spiro atoms. The van der Waals surface area contributed by atoms with E-state index in [4.69, 9.17) is 0 Å². The third-order valence-corrected chi connectivity index (χ3v) is 3.05. The van der Waals surface area contributed by atoms with Gasteiger partial charge in [-0.3, -0.25) is 0 Å². The van der Waals surface area contributed by atoms with Gasteiger partial charge in [0.15, 0.2) is 0 Å². The molecule has 2 N–H and O–H groups in total. The maximum Gasteiger partial charge on any atom is 0.319 e. The number of carbonyl (C=O) groups excluding carboxylic acids is 1. The lowest BCUT2D eigenvalue weighted by atomic mass is 10.3. The normalized spacial score (nSPS) is 10.2. The summed E-state index contributed by atoms with van der Waals surface area (Å²) in [5.74, 6) is 0.264. The van der Waals surface area contributed by atoms with Crippen molar-refractivity contribution in [2.24, 2.45) is 0 Å². The lowest BCUT2D eigenvalue weighted by Gasteiger charge is -2.08. The van der Waals surface area contributed by atoms with Crippen LogP contribution in [0.2, 0.25) is 0 Å². The third-order valence-electron chi connectivity index (χ3n) is 2.44. The summed E-state index contributed by atoms with van der Waals surface area (Å²) in [6, 6.07) is 5.58. The number of aromatic nitrogens is 2. The molecule has 1 aromatic heterocycles. The number of amides is 2. The van der Waals surface area contributed by atoms with Gasteiger partial charge in [0.25, 0.3) is 0 Å². The molecule has 2 aromatic rings. The fraction of sp³-hybridized carbons (Fsp3) is 0.154. The predicted octanol–water partition coefficient (Wildman–Crippen LogP) is 3.01. The zero-order valence-electron chi connectivity index (χ0n) is 10.7. The second-order valence-corrected chi connectivity index (χ2v) is 4.89. The van der Waals surface area contributed by atoms with Gasteiger partial charge in [-0.2, -0.15) is 0 Å². The Hall–Kier alpha value is -2.02. The number of nitrogens with one attached hydrogen (secondary N) is 2. The summed E-state index contributed by atoms with van der Waals surface area (Å²) >= 11 is 3.06. The van der Waals surface area contributed by atoms with Crippen LogP contribution in [0.3, 0.4) is 0 Å². The molecule has 5 nitrogen and oxygen atoms in total.